The third kappa shape index (κ3) is 5.88. The standard InChI is InChI=1S/C18H28N2O2/c1-7-19-15(21)13-9-8-10-14(11-13)16(22)20-18(5,6)12-17(2,3)4/h8-11H,7,12H2,1-6H3,(H,19,21)(H,20,22). The Balaban J connectivity index is 2.86. The fourth-order valence-electron chi connectivity index (χ4n) is 2.81. The zero-order valence-corrected chi connectivity index (χ0v) is 14.5. The minimum Gasteiger partial charge on any atom is -0.352 e. The van der Waals surface area contributed by atoms with E-state index >= 15 is 0 Å². The van der Waals surface area contributed by atoms with Gasteiger partial charge in [-0.15, -0.1) is 0 Å². The Labute approximate surface area is 133 Å². The summed E-state index contributed by atoms with van der Waals surface area (Å²) in [4.78, 5) is 24.3. The zero-order chi connectivity index (χ0) is 17.0. The van der Waals surface area contributed by atoms with E-state index < -0.39 is 0 Å². The number of carbonyl (C=O) groups is 2. The molecule has 0 heterocycles. The second-order valence-corrected chi connectivity index (χ2v) is 7.52. The van der Waals surface area contributed by atoms with E-state index in [9.17, 15) is 9.59 Å². The molecule has 0 fully saturated rings. The highest BCUT2D eigenvalue weighted by Crippen LogP contribution is 2.27. The van der Waals surface area contributed by atoms with E-state index in [4.69, 9.17) is 0 Å². The SMILES string of the molecule is CCNC(=O)c1cccc(C(=O)NC(C)(C)CC(C)(C)C)c1. The maximum atomic E-state index is 12.4. The molecule has 0 atom stereocenters. The molecule has 22 heavy (non-hydrogen) atoms. The number of rotatable bonds is 5. The van der Waals surface area contributed by atoms with Gasteiger partial charge in [0.15, 0.2) is 0 Å². The zero-order valence-electron chi connectivity index (χ0n) is 14.5. The summed E-state index contributed by atoms with van der Waals surface area (Å²) in [6.07, 6.45) is 0.863. The van der Waals surface area contributed by atoms with Gasteiger partial charge < -0.3 is 10.6 Å². The smallest absolute Gasteiger partial charge is 0.251 e. The normalized spacial score (nSPS) is 11.9. The average Bonchev–Trinajstić information content (AvgIpc) is 2.35. The van der Waals surface area contributed by atoms with Crippen molar-refractivity contribution in [1.29, 1.82) is 0 Å². The first kappa shape index (κ1) is 18.2. The molecule has 0 unspecified atom stereocenters. The van der Waals surface area contributed by atoms with Crippen LogP contribution in [0.5, 0.6) is 0 Å². The number of carbonyl (C=O) groups excluding carboxylic acids is 2. The third-order valence-electron chi connectivity index (χ3n) is 3.15. The van der Waals surface area contributed by atoms with Crippen LogP contribution in [-0.2, 0) is 0 Å². The van der Waals surface area contributed by atoms with E-state index in [2.05, 4.69) is 31.4 Å². The molecule has 1 aromatic carbocycles. The van der Waals surface area contributed by atoms with Crippen molar-refractivity contribution in [2.45, 2.75) is 53.5 Å². The summed E-state index contributed by atoms with van der Waals surface area (Å²) < 4.78 is 0. The van der Waals surface area contributed by atoms with Crippen molar-refractivity contribution in [2.24, 2.45) is 5.41 Å². The number of amides is 2. The third-order valence-corrected chi connectivity index (χ3v) is 3.15. The minimum absolute atomic E-state index is 0.125. The Morgan fingerprint density at radius 2 is 1.55 bits per heavy atom. The summed E-state index contributed by atoms with van der Waals surface area (Å²) >= 11 is 0. The fraction of sp³-hybridized carbons (Fsp3) is 0.556. The average molecular weight is 304 g/mol. The Kier molecular flexibility index (Phi) is 5.75. The minimum atomic E-state index is -0.309. The Morgan fingerprint density at radius 1 is 1.00 bits per heavy atom. The molecule has 0 aromatic heterocycles. The summed E-state index contributed by atoms with van der Waals surface area (Å²) in [7, 11) is 0. The lowest BCUT2D eigenvalue weighted by Crippen LogP contribution is -2.45. The van der Waals surface area contributed by atoms with Gasteiger partial charge in [-0.3, -0.25) is 9.59 Å². The van der Waals surface area contributed by atoms with Crippen LogP contribution in [-0.4, -0.2) is 23.9 Å². The molecule has 122 valence electrons. The summed E-state index contributed by atoms with van der Waals surface area (Å²) in [5.41, 5.74) is 0.824. The number of hydrogen-bond donors (Lipinski definition) is 2. The number of nitrogens with one attached hydrogen (secondary N) is 2. The summed E-state index contributed by atoms with van der Waals surface area (Å²) in [5.74, 6) is -0.313. The van der Waals surface area contributed by atoms with Crippen molar-refractivity contribution in [1.82, 2.24) is 10.6 Å². The molecule has 0 spiro atoms. The summed E-state index contributed by atoms with van der Waals surface area (Å²) in [6.45, 7) is 12.9. The molecule has 2 amide bonds. The lowest BCUT2D eigenvalue weighted by Gasteiger charge is -2.33. The molecule has 2 N–H and O–H groups in total. The Hall–Kier alpha value is -1.84. The Bertz CT molecular complexity index is 542. The molecule has 0 aliphatic rings. The van der Waals surface area contributed by atoms with Gasteiger partial charge in [0, 0.05) is 23.2 Å². The predicted molar refractivity (Wildman–Crippen MR) is 90.1 cm³/mol. The van der Waals surface area contributed by atoms with Gasteiger partial charge in [-0.2, -0.15) is 0 Å². The van der Waals surface area contributed by atoms with Gasteiger partial charge in [0.2, 0.25) is 0 Å². The first-order valence-electron chi connectivity index (χ1n) is 7.75. The van der Waals surface area contributed by atoms with E-state index in [1.165, 1.54) is 0 Å². The Morgan fingerprint density at radius 3 is 2.05 bits per heavy atom. The van der Waals surface area contributed by atoms with E-state index in [-0.39, 0.29) is 22.8 Å². The van der Waals surface area contributed by atoms with Crippen LogP contribution in [0.1, 0.15) is 68.7 Å². The lowest BCUT2D eigenvalue weighted by molar-refractivity contribution is 0.0891. The second-order valence-electron chi connectivity index (χ2n) is 7.52. The van der Waals surface area contributed by atoms with Gasteiger partial charge in [0.1, 0.15) is 0 Å². The van der Waals surface area contributed by atoms with Crippen LogP contribution in [0.15, 0.2) is 24.3 Å². The maximum absolute atomic E-state index is 12.4. The molecule has 0 saturated heterocycles. The molecule has 1 aromatic rings. The highest BCUT2D eigenvalue weighted by molar-refractivity contribution is 5.99. The van der Waals surface area contributed by atoms with E-state index in [0.29, 0.717) is 17.7 Å². The molecular weight excluding hydrogens is 276 g/mol. The summed E-state index contributed by atoms with van der Waals surface area (Å²) in [5, 5.41) is 5.79. The van der Waals surface area contributed by atoms with Gasteiger partial charge in [-0.05, 0) is 50.8 Å². The van der Waals surface area contributed by atoms with Crippen LogP contribution >= 0.6 is 0 Å². The van der Waals surface area contributed by atoms with Gasteiger partial charge in [0.05, 0.1) is 0 Å². The van der Waals surface area contributed by atoms with Crippen molar-refractivity contribution in [3.63, 3.8) is 0 Å². The molecule has 0 aliphatic heterocycles. The topological polar surface area (TPSA) is 58.2 Å². The largest absolute Gasteiger partial charge is 0.352 e. The first-order chi connectivity index (χ1) is 10.0. The number of hydrogen-bond acceptors (Lipinski definition) is 2. The van der Waals surface area contributed by atoms with Crippen molar-refractivity contribution in [3.05, 3.63) is 35.4 Å². The molecule has 4 heteroatoms. The van der Waals surface area contributed by atoms with Crippen LogP contribution in [0.4, 0.5) is 0 Å². The molecule has 1 rings (SSSR count). The monoisotopic (exact) mass is 304 g/mol. The van der Waals surface area contributed by atoms with Crippen LogP contribution in [0.3, 0.4) is 0 Å². The quantitative estimate of drug-likeness (QED) is 0.876. The van der Waals surface area contributed by atoms with Crippen molar-refractivity contribution in [2.75, 3.05) is 6.54 Å². The van der Waals surface area contributed by atoms with Gasteiger partial charge in [0.25, 0.3) is 11.8 Å². The highest BCUT2D eigenvalue weighted by Gasteiger charge is 2.27. The molecule has 0 radical (unpaired) electrons. The van der Waals surface area contributed by atoms with E-state index in [0.717, 1.165) is 6.42 Å². The lowest BCUT2D eigenvalue weighted by atomic mass is 9.81. The van der Waals surface area contributed by atoms with E-state index in [1.807, 2.05) is 20.8 Å². The highest BCUT2D eigenvalue weighted by atomic mass is 16.2. The van der Waals surface area contributed by atoms with Crippen LogP contribution in [0.25, 0.3) is 0 Å². The molecule has 0 bridgehead atoms. The van der Waals surface area contributed by atoms with Crippen molar-refractivity contribution < 1.29 is 9.59 Å². The molecular formula is C18H28N2O2. The summed E-state index contributed by atoms with van der Waals surface area (Å²) in [6, 6.07) is 6.80. The molecule has 0 saturated carbocycles. The maximum Gasteiger partial charge on any atom is 0.251 e. The number of benzene rings is 1. The molecule has 4 nitrogen and oxygen atoms in total. The fourth-order valence-corrected chi connectivity index (χ4v) is 2.81. The van der Waals surface area contributed by atoms with Crippen molar-refractivity contribution in [3.8, 4) is 0 Å². The van der Waals surface area contributed by atoms with Gasteiger partial charge in [-0.25, -0.2) is 0 Å². The second kappa shape index (κ2) is 6.95. The van der Waals surface area contributed by atoms with Gasteiger partial charge in [-0.1, -0.05) is 26.8 Å². The van der Waals surface area contributed by atoms with Crippen molar-refractivity contribution >= 4 is 11.8 Å². The van der Waals surface area contributed by atoms with Crippen LogP contribution in [0.2, 0.25) is 0 Å². The first-order valence-corrected chi connectivity index (χ1v) is 7.75. The van der Waals surface area contributed by atoms with Crippen LogP contribution in [0, 0.1) is 5.41 Å². The molecule has 0 aliphatic carbocycles. The van der Waals surface area contributed by atoms with Gasteiger partial charge >= 0.3 is 0 Å². The predicted octanol–water partition coefficient (Wildman–Crippen LogP) is 3.38. The van der Waals surface area contributed by atoms with Crippen LogP contribution < -0.4 is 10.6 Å². The van der Waals surface area contributed by atoms with E-state index in [1.54, 1.807) is 24.3 Å².